The van der Waals surface area contributed by atoms with Crippen molar-refractivity contribution in [2.24, 2.45) is 0 Å². The van der Waals surface area contributed by atoms with Crippen LogP contribution in [0.1, 0.15) is 12.8 Å². The highest BCUT2D eigenvalue weighted by Gasteiger charge is 2.26. The molecule has 7 heteroatoms. The third-order valence-electron chi connectivity index (χ3n) is 3.90. The molecular formula is C15H18ClN3O2S. The van der Waals surface area contributed by atoms with Gasteiger partial charge in [0.2, 0.25) is 10.0 Å². The minimum atomic E-state index is -3.15. The van der Waals surface area contributed by atoms with E-state index in [-0.39, 0.29) is 6.04 Å². The van der Waals surface area contributed by atoms with Crippen molar-refractivity contribution < 1.29 is 8.42 Å². The number of halogens is 1. The third kappa shape index (κ3) is 3.34. The minimum Gasteiger partial charge on any atom is -0.366 e. The van der Waals surface area contributed by atoms with Gasteiger partial charge in [0.25, 0.3) is 0 Å². The Balaban J connectivity index is 1.81. The fourth-order valence-corrected chi connectivity index (χ4v) is 3.98. The summed E-state index contributed by atoms with van der Waals surface area (Å²) in [6, 6.07) is 9.79. The molecule has 1 aromatic carbocycles. The SMILES string of the molecule is CS(=O)(=O)N1CCC[C@@H](Nc2cc3ccccc3c(Cl)n2)C1. The van der Waals surface area contributed by atoms with Crippen molar-refractivity contribution in [1.82, 2.24) is 9.29 Å². The first-order valence-electron chi connectivity index (χ1n) is 7.20. The molecule has 1 aromatic heterocycles. The van der Waals surface area contributed by atoms with Crippen molar-refractivity contribution in [3.63, 3.8) is 0 Å². The summed E-state index contributed by atoms with van der Waals surface area (Å²) in [6.45, 7) is 1.05. The average Bonchev–Trinajstić information content (AvgIpc) is 2.47. The summed E-state index contributed by atoms with van der Waals surface area (Å²) in [5.74, 6) is 0.684. The number of anilines is 1. The van der Waals surface area contributed by atoms with Gasteiger partial charge in [-0.2, -0.15) is 0 Å². The van der Waals surface area contributed by atoms with E-state index in [1.165, 1.54) is 10.6 Å². The Labute approximate surface area is 135 Å². The van der Waals surface area contributed by atoms with Crippen LogP contribution >= 0.6 is 11.6 Å². The smallest absolute Gasteiger partial charge is 0.211 e. The maximum atomic E-state index is 11.7. The third-order valence-corrected chi connectivity index (χ3v) is 5.46. The number of benzene rings is 1. The normalized spacial score (nSPS) is 20.2. The first kappa shape index (κ1) is 15.5. The Morgan fingerprint density at radius 2 is 2.14 bits per heavy atom. The molecule has 0 aliphatic carbocycles. The monoisotopic (exact) mass is 339 g/mol. The summed E-state index contributed by atoms with van der Waals surface area (Å²) < 4.78 is 24.9. The van der Waals surface area contributed by atoms with Crippen molar-refractivity contribution in [2.45, 2.75) is 18.9 Å². The van der Waals surface area contributed by atoms with Crippen LogP contribution in [0.4, 0.5) is 5.82 Å². The van der Waals surface area contributed by atoms with E-state index in [0.29, 0.717) is 24.1 Å². The number of fused-ring (bicyclic) bond motifs is 1. The Bertz CT molecular complexity index is 794. The van der Waals surface area contributed by atoms with E-state index in [9.17, 15) is 8.42 Å². The maximum absolute atomic E-state index is 11.7. The molecule has 0 radical (unpaired) electrons. The second-order valence-corrected chi connectivity index (χ2v) is 7.96. The number of rotatable bonds is 3. The topological polar surface area (TPSA) is 62.3 Å². The minimum absolute atomic E-state index is 0.0493. The summed E-state index contributed by atoms with van der Waals surface area (Å²) in [5.41, 5.74) is 0. The van der Waals surface area contributed by atoms with Crippen molar-refractivity contribution in [1.29, 1.82) is 0 Å². The maximum Gasteiger partial charge on any atom is 0.211 e. The lowest BCUT2D eigenvalue weighted by Crippen LogP contribution is -2.44. The van der Waals surface area contributed by atoms with Crippen LogP contribution < -0.4 is 5.32 Å². The molecule has 22 heavy (non-hydrogen) atoms. The van der Waals surface area contributed by atoms with Gasteiger partial charge in [-0.05, 0) is 24.3 Å². The van der Waals surface area contributed by atoms with Crippen molar-refractivity contribution >= 4 is 38.2 Å². The number of hydrogen-bond acceptors (Lipinski definition) is 4. The van der Waals surface area contributed by atoms with Crippen LogP contribution in [-0.4, -0.2) is 43.1 Å². The van der Waals surface area contributed by atoms with Gasteiger partial charge in [0.15, 0.2) is 0 Å². The van der Waals surface area contributed by atoms with Crippen molar-refractivity contribution in [3.8, 4) is 0 Å². The first-order chi connectivity index (χ1) is 10.4. The van der Waals surface area contributed by atoms with E-state index in [0.717, 1.165) is 23.6 Å². The van der Waals surface area contributed by atoms with Crippen molar-refractivity contribution in [2.75, 3.05) is 24.7 Å². The van der Waals surface area contributed by atoms with Crippen LogP contribution in [0.5, 0.6) is 0 Å². The summed E-state index contributed by atoms with van der Waals surface area (Å²) in [5, 5.41) is 5.70. The van der Waals surface area contributed by atoms with Crippen LogP contribution in [0.3, 0.4) is 0 Å². The predicted molar refractivity (Wildman–Crippen MR) is 89.8 cm³/mol. The van der Waals surface area contributed by atoms with Crippen molar-refractivity contribution in [3.05, 3.63) is 35.5 Å². The molecule has 1 N–H and O–H groups in total. The molecule has 2 aromatic rings. The predicted octanol–water partition coefficient (Wildman–Crippen LogP) is 2.72. The van der Waals surface area contributed by atoms with Crippen LogP contribution in [0.15, 0.2) is 30.3 Å². The molecule has 118 valence electrons. The van der Waals surface area contributed by atoms with Gasteiger partial charge in [-0.15, -0.1) is 0 Å². The van der Waals surface area contributed by atoms with Crippen LogP contribution in [-0.2, 0) is 10.0 Å². The molecule has 1 atom stereocenters. The molecule has 0 unspecified atom stereocenters. The molecule has 1 aliphatic rings. The number of aromatic nitrogens is 1. The number of pyridine rings is 1. The lowest BCUT2D eigenvalue weighted by Gasteiger charge is -2.31. The summed E-state index contributed by atoms with van der Waals surface area (Å²) in [4.78, 5) is 4.37. The summed E-state index contributed by atoms with van der Waals surface area (Å²) in [6.07, 6.45) is 3.00. The van der Waals surface area contributed by atoms with E-state index >= 15 is 0 Å². The molecule has 3 rings (SSSR count). The molecule has 0 saturated carbocycles. The number of piperidine rings is 1. The van der Waals surface area contributed by atoms with E-state index in [1.807, 2.05) is 30.3 Å². The standard InChI is InChI=1S/C15H18ClN3O2S/c1-22(20,21)19-8-4-6-12(10-19)17-14-9-11-5-2-3-7-13(11)15(16)18-14/h2-3,5,7,9,12H,4,6,8,10H2,1H3,(H,17,18)/t12-/m1/s1. The highest BCUT2D eigenvalue weighted by molar-refractivity contribution is 7.88. The number of hydrogen-bond donors (Lipinski definition) is 1. The second-order valence-electron chi connectivity index (χ2n) is 5.62. The van der Waals surface area contributed by atoms with Gasteiger partial charge >= 0.3 is 0 Å². The Morgan fingerprint density at radius 1 is 1.36 bits per heavy atom. The Kier molecular flexibility index (Phi) is 4.25. The lowest BCUT2D eigenvalue weighted by atomic mass is 10.1. The van der Waals surface area contributed by atoms with E-state index < -0.39 is 10.0 Å². The van der Waals surface area contributed by atoms with Gasteiger partial charge in [0, 0.05) is 24.5 Å². The summed E-state index contributed by atoms with van der Waals surface area (Å²) >= 11 is 6.22. The number of sulfonamides is 1. The number of nitrogens with zero attached hydrogens (tertiary/aromatic N) is 2. The Morgan fingerprint density at radius 3 is 2.91 bits per heavy atom. The molecule has 1 saturated heterocycles. The first-order valence-corrected chi connectivity index (χ1v) is 9.43. The van der Waals surface area contributed by atoms with Crippen LogP contribution in [0.25, 0.3) is 10.8 Å². The molecular weight excluding hydrogens is 322 g/mol. The average molecular weight is 340 g/mol. The van der Waals surface area contributed by atoms with E-state index in [1.54, 1.807) is 0 Å². The van der Waals surface area contributed by atoms with Gasteiger partial charge in [0.1, 0.15) is 11.0 Å². The van der Waals surface area contributed by atoms with E-state index in [4.69, 9.17) is 11.6 Å². The second kappa shape index (κ2) is 6.02. The zero-order valence-electron chi connectivity index (χ0n) is 12.3. The molecule has 0 bridgehead atoms. The fraction of sp³-hybridized carbons (Fsp3) is 0.400. The molecule has 0 amide bonds. The number of nitrogens with one attached hydrogen (secondary N) is 1. The highest BCUT2D eigenvalue weighted by Crippen LogP contribution is 2.25. The Hall–Kier alpha value is -1.37. The largest absolute Gasteiger partial charge is 0.366 e. The molecule has 5 nitrogen and oxygen atoms in total. The molecule has 1 fully saturated rings. The quantitative estimate of drug-likeness (QED) is 0.873. The molecule has 2 heterocycles. The fourth-order valence-electron chi connectivity index (χ4n) is 2.80. The molecule has 1 aliphatic heterocycles. The van der Waals surface area contributed by atoms with Crippen LogP contribution in [0, 0.1) is 0 Å². The summed E-state index contributed by atoms with van der Waals surface area (Å²) in [7, 11) is -3.15. The zero-order valence-corrected chi connectivity index (χ0v) is 13.9. The van der Waals surface area contributed by atoms with Gasteiger partial charge in [-0.3, -0.25) is 0 Å². The lowest BCUT2D eigenvalue weighted by molar-refractivity contribution is 0.329. The van der Waals surface area contributed by atoms with Gasteiger partial charge in [-0.25, -0.2) is 17.7 Å². The van der Waals surface area contributed by atoms with E-state index in [2.05, 4.69) is 10.3 Å². The zero-order chi connectivity index (χ0) is 15.7. The highest BCUT2D eigenvalue weighted by atomic mass is 35.5. The van der Waals surface area contributed by atoms with Gasteiger partial charge in [0.05, 0.1) is 6.26 Å². The van der Waals surface area contributed by atoms with Crippen LogP contribution in [0.2, 0.25) is 5.15 Å². The molecule has 0 spiro atoms. The van der Waals surface area contributed by atoms with Gasteiger partial charge in [-0.1, -0.05) is 35.9 Å². The van der Waals surface area contributed by atoms with Gasteiger partial charge < -0.3 is 5.32 Å².